The van der Waals surface area contributed by atoms with E-state index in [2.05, 4.69) is 19.2 Å². The van der Waals surface area contributed by atoms with Gasteiger partial charge in [0, 0.05) is 5.69 Å². The van der Waals surface area contributed by atoms with Crippen molar-refractivity contribution in [1.82, 2.24) is 0 Å². The Morgan fingerprint density at radius 2 is 1.79 bits per heavy atom. The lowest BCUT2D eigenvalue weighted by atomic mass is 9.99. The Labute approximate surface area is 170 Å². The second kappa shape index (κ2) is 10.7. The molecule has 6 heteroatoms. The highest BCUT2D eigenvalue weighted by molar-refractivity contribution is 6.00. The molecule has 29 heavy (non-hydrogen) atoms. The van der Waals surface area contributed by atoms with Crippen molar-refractivity contribution in [3.63, 3.8) is 0 Å². The van der Waals surface area contributed by atoms with Crippen molar-refractivity contribution in [2.45, 2.75) is 26.2 Å². The van der Waals surface area contributed by atoms with Gasteiger partial charge in [-0.15, -0.1) is 0 Å². The molecular weight excluding hydrogens is 368 g/mol. The van der Waals surface area contributed by atoms with Crippen LogP contribution in [0.3, 0.4) is 0 Å². The van der Waals surface area contributed by atoms with Gasteiger partial charge < -0.3 is 14.8 Å². The maximum absolute atomic E-state index is 12.1. The van der Waals surface area contributed by atoms with Gasteiger partial charge >= 0.3 is 5.97 Å². The summed E-state index contributed by atoms with van der Waals surface area (Å²) in [6.07, 6.45) is 2.43. The van der Waals surface area contributed by atoms with E-state index in [4.69, 9.17) is 9.47 Å². The Kier molecular flexibility index (Phi) is 7.99. The third-order valence-corrected chi connectivity index (χ3v) is 4.48. The Hall–Kier alpha value is -3.59. The Bertz CT molecular complexity index is 909. The van der Waals surface area contributed by atoms with Gasteiger partial charge in [-0.25, -0.2) is 4.79 Å². The number of carbonyl (C=O) groups is 2. The first-order valence-electron chi connectivity index (χ1n) is 9.29. The highest BCUT2D eigenvalue weighted by Crippen LogP contribution is 2.20. The largest absolute Gasteiger partial charge is 0.497 e. The van der Waals surface area contributed by atoms with E-state index in [9.17, 15) is 14.9 Å². The number of ether oxygens (including phenoxy) is 2. The minimum Gasteiger partial charge on any atom is -0.497 e. The fourth-order valence-electron chi connectivity index (χ4n) is 2.54. The van der Waals surface area contributed by atoms with E-state index >= 15 is 0 Å². The van der Waals surface area contributed by atoms with Crippen LogP contribution in [0.5, 0.6) is 5.75 Å². The van der Waals surface area contributed by atoms with Crippen molar-refractivity contribution in [2.75, 3.05) is 19.0 Å². The van der Waals surface area contributed by atoms with Crippen LogP contribution in [0.1, 0.15) is 37.3 Å². The van der Waals surface area contributed by atoms with Gasteiger partial charge in [0.15, 0.2) is 6.61 Å². The van der Waals surface area contributed by atoms with E-state index in [0.29, 0.717) is 22.9 Å². The third kappa shape index (κ3) is 6.51. The second-order valence-corrected chi connectivity index (χ2v) is 6.50. The summed E-state index contributed by atoms with van der Waals surface area (Å²) in [5.74, 6) is -0.221. The number of esters is 1. The summed E-state index contributed by atoms with van der Waals surface area (Å²) in [7, 11) is 1.55. The third-order valence-electron chi connectivity index (χ3n) is 4.48. The zero-order valence-corrected chi connectivity index (χ0v) is 16.8. The van der Waals surface area contributed by atoms with E-state index in [0.717, 1.165) is 6.42 Å². The molecule has 6 nitrogen and oxygen atoms in total. The van der Waals surface area contributed by atoms with Gasteiger partial charge in [-0.2, -0.15) is 5.26 Å². The standard InChI is InChI=1S/C23H24N2O4/c1-4-16(2)18-7-9-20(10-8-18)25-22(26)15-29-23(27)19(14-24)13-17-5-11-21(28-3)12-6-17/h5-13,16H,4,15H2,1-3H3,(H,25,26)/b19-13+/t16-/m1/s1. The molecule has 1 N–H and O–H groups in total. The highest BCUT2D eigenvalue weighted by atomic mass is 16.5. The van der Waals surface area contributed by atoms with Crippen LogP contribution in [0.25, 0.3) is 6.08 Å². The Balaban J connectivity index is 1.91. The summed E-state index contributed by atoms with van der Waals surface area (Å²) in [5, 5.41) is 11.9. The maximum atomic E-state index is 12.1. The monoisotopic (exact) mass is 392 g/mol. The van der Waals surface area contributed by atoms with Gasteiger partial charge in [-0.05, 0) is 53.8 Å². The molecule has 1 amide bonds. The first-order valence-corrected chi connectivity index (χ1v) is 9.29. The molecule has 1 atom stereocenters. The van der Waals surface area contributed by atoms with E-state index in [-0.39, 0.29) is 5.57 Å². The minimum absolute atomic E-state index is 0.194. The number of nitrogens with zero attached hydrogens (tertiary/aromatic N) is 1. The van der Waals surface area contributed by atoms with Gasteiger partial charge in [-0.3, -0.25) is 4.79 Å². The first-order chi connectivity index (χ1) is 14.0. The van der Waals surface area contributed by atoms with Crippen LogP contribution in [-0.2, 0) is 14.3 Å². The number of hydrogen-bond acceptors (Lipinski definition) is 5. The normalized spacial score (nSPS) is 11.9. The fraction of sp³-hybridized carbons (Fsp3) is 0.261. The zero-order valence-electron chi connectivity index (χ0n) is 16.8. The Morgan fingerprint density at radius 3 is 2.34 bits per heavy atom. The molecule has 2 rings (SSSR count). The molecule has 0 heterocycles. The smallest absolute Gasteiger partial charge is 0.349 e. The number of hydrogen-bond donors (Lipinski definition) is 1. The average Bonchev–Trinajstić information content (AvgIpc) is 2.76. The molecule has 150 valence electrons. The first kappa shape index (κ1) is 21.7. The minimum atomic E-state index is -0.856. The van der Waals surface area contributed by atoms with Gasteiger partial charge in [0.1, 0.15) is 17.4 Å². The fourth-order valence-corrected chi connectivity index (χ4v) is 2.54. The molecule has 0 aliphatic heterocycles. The highest BCUT2D eigenvalue weighted by Gasteiger charge is 2.13. The van der Waals surface area contributed by atoms with Crippen LogP contribution < -0.4 is 10.1 Å². The predicted molar refractivity (Wildman–Crippen MR) is 111 cm³/mol. The summed E-state index contributed by atoms with van der Waals surface area (Å²) in [4.78, 5) is 24.1. The van der Waals surface area contributed by atoms with Crippen LogP contribution in [-0.4, -0.2) is 25.6 Å². The summed E-state index contributed by atoms with van der Waals surface area (Å²) >= 11 is 0. The molecule has 0 fully saturated rings. The van der Waals surface area contributed by atoms with Crippen molar-refractivity contribution in [1.29, 1.82) is 5.26 Å². The lowest BCUT2D eigenvalue weighted by molar-refractivity contribution is -0.142. The van der Waals surface area contributed by atoms with Crippen molar-refractivity contribution in [2.24, 2.45) is 0 Å². The van der Waals surface area contributed by atoms with Gasteiger partial charge in [-0.1, -0.05) is 38.1 Å². The van der Waals surface area contributed by atoms with E-state index in [1.807, 2.05) is 24.3 Å². The SMILES string of the molecule is CC[C@@H](C)c1ccc(NC(=O)COC(=O)/C(C#N)=C/c2ccc(OC)cc2)cc1. The number of methoxy groups -OCH3 is 1. The van der Waals surface area contributed by atoms with Gasteiger partial charge in [0.05, 0.1) is 7.11 Å². The number of anilines is 1. The molecule has 0 aromatic heterocycles. The number of rotatable bonds is 8. The predicted octanol–water partition coefficient (Wildman–Crippen LogP) is 4.30. The summed E-state index contributed by atoms with van der Waals surface area (Å²) in [6, 6.07) is 16.2. The maximum Gasteiger partial charge on any atom is 0.349 e. The van der Waals surface area contributed by atoms with Crippen molar-refractivity contribution >= 4 is 23.6 Å². The number of benzene rings is 2. The quantitative estimate of drug-likeness (QED) is 0.411. The lowest BCUT2D eigenvalue weighted by Crippen LogP contribution is -2.21. The number of amides is 1. The number of nitriles is 1. The van der Waals surface area contributed by atoms with Crippen LogP contribution >= 0.6 is 0 Å². The van der Waals surface area contributed by atoms with Crippen molar-refractivity contribution in [3.05, 3.63) is 65.2 Å². The molecule has 0 aliphatic carbocycles. The van der Waals surface area contributed by atoms with Gasteiger partial charge in [0.25, 0.3) is 5.91 Å². The molecule has 2 aromatic carbocycles. The number of carbonyl (C=O) groups excluding carboxylic acids is 2. The van der Waals surface area contributed by atoms with Crippen LogP contribution in [0.15, 0.2) is 54.1 Å². The number of nitrogens with one attached hydrogen (secondary N) is 1. The van der Waals surface area contributed by atoms with E-state index in [1.54, 1.807) is 37.4 Å². The van der Waals surface area contributed by atoms with Crippen LogP contribution in [0, 0.1) is 11.3 Å². The molecule has 0 saturated carbocycles. The summed E-state index contributed by atoms with van der Waals surface area (Å²) in [6.45, 7) is 3.78. The molecule has 0 spiro atoms. The molecular formula is C23H24N2O4. The Morgan fingerprint density at radius 1 is 1.14 bits per heavy atom. The molecule has 2 aromatic rings. The summed E-state index contributed by atoms with van der Waals surface area (Å²) in [5.41, 5.74) is 2.26. The van der Waals surface area contributed by atoms with Gasteiger partial charge in [0.2, 0.25) is 0 Å². The zero-order chi connectivity index (χ0) is 21.2. The van der Waals surface area contributed by atoms with Crippen LogP contribution in [0.2, 0.25) is 0 Å². The summed E-state index contributed by atoms with van der Waals surface area (Å²) < 4.78 is 10.0. The van der Waals surface area contributed by atoms with Crippen molar-refractivity contribution < 1.29 is 19.1 Å². The lowest BCUT2D eigenvalue weighted by Gasteiger charge is -2.10. The van der Waals surface area contributed by atoms with E-state index < -0.39 is 18.5 Å². The average molecular weight is 392 g/mol. The van der Waals surface area contributed by atoms with E-state index in [1.165, 1.54) is 11.6 Å². The second-order valence-electron chi connectivity index (χ2n) is 6.50. The molecule has 0 aliphatic rings. The molecule has 0 unspecified atom stereocenters. The topological polar surface area (TPSA) is 88.4 Å². The molecule has 0 saturated heterocycles. The van der Waals surface area contributed by atoms with Crippen molar-refractivity contribution in [3.8, 4) is 11.8 Å². The molecule has 0 radical (unpaired) electrons. The molecule has 0 bridgehead atoms. The van der Waals surface area contributed by atoms with Crippen LogP contribution in [0.4, 0.5) is 5.69 Å².